The highest BCUT2D eigenvalue weighted by molar-refractivity contribution is 8.00. The lowest BCUT2D eigenvalue weighted by Crippen LogP contribution is -2.06. The Labute approximate surface area is 312 Å². The SMILES string of the molecule is Clc1ccc(C2CC(c3ccc(CCc4ccc(C5=Nc6ccccc6SC(c6ccc(Cl)cc6)C5)cc4)cc3)=Nc3ccccc3S2)cc1. The van der Waals surface area contributed by atoms with Gasteiger partial charge in [0.05, 0.1) is 11.4 Å². The van der Waals surface area contributed by atoms with E-state index in [-0.39, 0.29) is 10.5 Å². The Morgan fingerprint density at radius 3 is 1.24 bits per heavy atom. The van der Waals surface area contributed by atoms with E-state index in [1.54, 1.807) is 0 Å². The summed E-state index contributed by atoms with van der Waals surface area (Å²) in [5.41, 5.74) is 11.8. The molecule has 0 amide bonds. The fourth-order valence-electron chi connectivity index (χ4n) is 6.53. The van der Waals surface area contributed by atoms with Gasteiger partial charge in [0.25, 0.3) is 0 Å². The number of rotatable bonds is 7. The predicted octanol–water partition coefficient (Wildman–Crippen LogP) is 13.5. The van der Waals surface area contributed by atoms with Crippen molar-refractivity contribution in [3.05, 3.63) is 189 Å². The van der Waals surface area contributed by atoms with Gasteiger partial charge in [-0.1, -0.05) is 120 Å². The average molecular weight is 726 g/mol. The van der Waals surface area contributed by atoms with Gasteiger partial charge in [0.2, 0.25) is 0 Å². The first-order valence-electron chi connectivity index (χ1n) is 16.9. The Kier molecular flexibility index (Phi) is 9.96. The number of hydrogen-bond acceptors (Lipinski definition) is 4. The third kappa shape index (κ3) is 7.65. The van der Waals surface area contributed by atoms with Gasteiger partial charge in [0.15, 0.2) is 0 Å². The van der Waals surface area contributed by atoms with Gasteiger partial charge in [-0.25, -0.2) is 0 Å². The molecule has 8 rings (SSSR count). The molecule has 0 saturated heterocycles. The molecule has 2 atom stereocenters. The van der Waals surface area contributed by atoms with Crippen LogP contribution in [0.25, 0.3) is 0 Å². The van der Waals surface area contributed by atoms with Gasteiger partial charge >= 0.3 is 0 Å². The van der Waals surface area contributed by atoms with Crippen molar-refractivity contribution in [2.45, 2.75) is 46.0 Å². The molecular formula is C44H34Cl2N2S2. The first-order chi connectivity index (χ1) is 24.5. The largest absolute Gasteiger partial charge is 0.252 e. The van der Waals surface area contributed by atoms with E-state index >= 15 is 0 Å². The summed E-state index contributed by atoms with van der Waals surface area (Å²) in [4.78, 5) is 12.8. The van der Waals surface area contributed by atoms with E-state index in [4.69, 9.17) is 33.2 Å². The molecule has 2 nitrogen and oxygen atoms in total. The van der Waals surface area contributed by atoms with Crippen LogP contribution in [0.3, 0.4) is 0 Å². The van der Waals surface area contributed by atoms with E-state index < -0.39 is 0 Å². The summed E-state index contributed by atoms with van der Waals surface area (Å²) in [5, 5.41) is 2.04. The number of thioether (sulfide) groups is 2. The monoisotopic (exact) mass is 724 g/mol. The molecule has 2 aliphatic heterocycles. The summed E-state index contributed by atoms with van der Waals surface area (Å²) in [5.74, 6) is 0. The van der Waals surface area contributed by atoms with Gasteiger partial charge in [0, 0.05) is 54.6 Å². The van der Waals surface area contributed by atoms with E-state index in [0.29, 0.717) is 0 Å². The summed E-state index contributed by atoms with van der Waals surface area (Å²) in [7, 11) is 0. The number of para-hydroxylation sites is 2. The topological polar surface area (TPSA) is 24.7 Å². The number of benzene rings is 6. The smallest absolute Gasteiger partial charge is 0.0769 e. The van der Waals surface area contributed by atoms with Crippen LogP contribution >= 0.6 is 46.7 Å². The normalized spacial score (nSPS) is 17.1. The number of nitrogens with zero attached hydrogens (tertiary/aromatic N) is 2. The first-order valence-corrected chi connectivity index (χ1v) is 19.4. The van der Waals surface area contributed by atoms with E-state index in [1.165, 1.54) is 43.2 Å². The Morgan fingerprint density at radius 2 is 0.840 bits per heavy atom. The van der Waals surface area contributed by atoms with Crippen molar-refractivity contribution in [3.63, 3.8) is 0 Å². The van der Waals surface area contributed by atoms with E-state index in [1.807, 2.05) is 47.8 Å². The number of fused-ring (bicyclic) bond motifs is 2. The van der Waals surface area contributed by atoms with Crippen LogP contribution < -0.4 is 0 Å². The molecule has 0 N–H and O–H groups in total. The molecule has 0 saturated carbocycles. The molecule has 50 heavy (non-hydrogen) atoms. The molecule has 2 aliphatic rings. The maximum Gasteiger partial charge on any atom is 0.0769 e. The number of aryl methyl sites for hydroxylation is 2. The van der Waals surface area contributed by atoms with Crippen LogP contribution in [0.5, 0.6) is 0 Å². The molecule has 6 aromatic carbocycles. The van der Waals surface area contributed by atoms with Gasteiger partial charge in [-0.05, 0) is 94.8 Å². The predicted molar refractivity (Wildman–Crippen MR) is 215 cm³/mol. The van der Waals surface area contributed by atoms with Crippen LogP contribution in [0.1, 0.15) is 56.7 Å². The maximum atomic E-state index is 6.22. The molecular weight excluding hydrogens is 692 g/mol. The van der Waals surface area contributed by atoms with Crippen LogP contribution in [0, 0.1) is 0 Å². The second-order valence-corrected chi connectivity index (χ2v) is 16.0. The number of aliphatic imine (C=N–C) groups is 2. The molecule has 6 aromatic rings. The van der Waals surface area contributed by atoms with Crippen molar-refractivity contribution in [1.29, 1.82) is 0 Å². The lowest BCUT2D eigenvalue weighted by Gasteiger charge is -2.16. The standard InChI is InChI=1S/C44H34Cl2N2S2/c45-35-23-19-33(20-24-35)43-27-39(47-37-5-1-3-7-41(37)49-43)31-15-11-29(12-16-31)9-10-30-13-17-32(18-14-30)40-28-44(34-21-25-36(46)26-22-34)50-42-8-4-2-6-38(42)48-40/h1-8,11-26,43-44H,9-10,27-28H2. The van der Waals surface area contributed by atoms with Crippen LogP contribution in [0.15, 0.2) is 165 Å². The number of halogens is 2. The zero-order valence-electron chi connectivity index (χ0n) is 27.3. The molecule has 0 spiro atoms. The Morgan fingerprint density at radius 1 is 0.460 bits per heavy atom. The summed E-state index contributed by atoms with van der Waals surface area (Å²) >= 11 is 16.2. The van der Waals surface area contributed by atoms with Gasteiger partial charge in [-0.2, -0.15) is 0 Å². The van der Waals surface area contributed by atoms with Crippen LogP contribution in [0.2, 0.25) is 10.0 Å². The van der Waals surface area contributed by atoms with Gasteiger partial charge in [-0.15, -0.1) is 23.5 Å². The molecule has 2 heterocycles. The van der Waals surface area contributed by atoms with Crippen molar-refractivity contribution in [2.24, 2.45) is 9.98 Å². The molecule has 0 aromatic heterocycles. The molecule has 6 heteroatoms. The quantitative estimate of drug-likeness (QED) is 0.164. The van der Waals surface area contributed by atoms with E-state index in [9.17, 15) is 0 Å². The average Bonchev–Trinajstić information content (AvgIpc) is 3.48. The summed E-state index contributed by atoms with van der Waals surface area (Å²) in [6.45, 7) is 0. The summed E-state index contributed by atoms with van der Waals surface area (Å²) in [6, 6.07) is 51.4. The van der Waals surface area contributed by atoms with E-state index in [2.05, 4.69) is 121 Å². The Balaban J connectivity index is 0.966. The Bertz CT molecular complexity index is 2020. The third-order valence-electron chi connectivity index (χ3n) is 9.30. The van der Waals surface area contributed by atoms with Crippen molar-refractivity contribution < 1.29 is 0 Å². The van der Waals surface area contributed by atoms with Gasteiger partial charge in [0.1, 0.15) is 0 Å². The van der Waals surface area contributed by atoms with Crippen molar-refractivity contribution >= 4 is 69.5 Å². The van der Waals surface area contributed by atoms with Gasteiger partial charge < -0.3 is 0 Å². The Hall–Kier alpha value is -4.06. The van der Waals surface area contributed by atoms with Crippen molar-refractivity contribution in [1.82, 2.24) is 0 Å². The lowest BCUT2D eigenvalue weighted by molar-refractivity contribution is 0.958. The highest BCUT2D eigenvalue weighted by Crippen LogP contribution is 2.47. The highest BCUT2D eigenvalue weighted by Gasteiger charge is 2.24. The lowest BCUT2D eigenvalue weighted by atomic mass is 9.97. The third-order valence-corrected chi connectivity index (χ3v) is 12.4. The molecule has 246 valence electrons. The van der Waals surface area contributed by atoms with Crippen LogP contribution in [-0.4, -0.2) is 11.4 Å². The second kappa shape index (κ2) is 15.0. The highest BCUT2D eigenvalue weighted by atomic mass is 35.5. The minimum absolute atomic E-state index is 0.262. The molecule has 0 radical (unpaired) electrons. The molecule has 0 bridgehead atoms. The summed E-state index contributed by atoms with van der Waals surface area (Å²) < 4.78 is 0. The van der Waals surface area contributed by atoms with Crippen LogP contribution in [-0.2, 0) is 12.8 Å². The van der Waals surface area contributed by atoms with E-state index in [0.717, 1.165) is 58.5 Å². The minimum atomic E-state index is 0.262. The zero-order chi connectivity index (χ0) is 33.9. The fourth-order valence-corrected chi connectivity index (χ4v) is 9.25. The minimum Gasteiger partial charge on any atom is -0.252 e. The van der Waals surface area contributed by atoms with Crippen LogP contribution in [0.4, 0.5) is 11.4 Å². The molecule has 0 fully saturated rings. The molecule has 0 aliphatic carbocycles. The van der Waals surface area contributed by atoms with Crippen molar-refractivity contribution in [3.8, 4) is 0 Å². The number of hydrogen-bond donors (Lipinski definition) is 0. The van der Waals surface area contributed by atoms with Gasteiger partial charge in [-0.3, -0.25) is 9.98 Å². The second-order valence-electron chi connectivity index (χ2n) is 12.7. The maximum absolute atomic E-state index is 6.22. The zero-order valence-corrected chi connectivity index (χ0v) is 30.5. The molecule has 2 unspecified atom stereocenters. The van der Waals surface area contributed by atoms with Crippen molar-refractivity contribution in [2.75, 3.05) is 0 Å². The first kappa shape index (κ1) is 33.1. The fraction of sp³-hybridized carbons (Fsp3) is 0.136. The summed E-state index contributed by atoms with van der Waals surface area (Å²) in [6.07, 6.45) is 3.65.